The first-order chi connectivity index (χ1) is 9.72. The fraction of sp³-hybridized carbons (Fsp3) is 0.647. The monoisotopic (exact) mass is 273 g/mol. The summed E-state index contributed by atoms with van der Waals surface area (Å²) in [6, 6.07) is 10.4. The minimum absolute atomic E-state index is 0.662. The van der Waals surface area contributed by atoms with Crippen molar-refractivity contribution in [3.8, 4) is 0 Å². The maximum absolute atomic E-state index is 3.65. The van der Waals surface area contributed by atoms with Crippen LogP contribution in [0, 0.1) is 6.92 Å². The minimum Gasteiger partial charge on any atom is -0.369 e. The van der Waals surface area contributed by atoms with Gasteiger partial charge < -0.3 is 10.2 Å². The average Bonchev–Trinajstić information content (AvgIpc) is 3.29. The van der Waals surface area contributed by atoms with Crippen molar-refractivity contribution in [2.75, 3.05) is 37.6 Å². The van der Waals surface area contributed by atoms with Gasteiger partial charge in [0.1, 0.15) is 0 Å². The summed E-state index contributed by atoms with van der Waals surface area (Å²) in [5.74, 6) is 0. The predicted molar refractivity (Wildman–Crippen MR) is 85.5 cm³/mol. The molecule has 1 unspecified atom stereocenters. The van der Waals surface area contributed by atoms with Gasteiger partial charge in [0, 0.05) is 50.5 Å². The Bertz CT molecular complexity index is 434. The van der Waals surface area contributed by atoms with Gasteiger partial charge >= 0.3 is 0 Å². The Morgan fingerprint density at radius 2 is 1.95 bits per heavy atom. The van der Waals surface area contributed by atoms with Crippen molar-refractivity contribution < 1.29 is 0 Å². The Kier molecular flexibility index (Phi) is 4.27. The number of hydrogen-bond acceptors (Lipinski definition) is 3. The SMILES string of the molecule is Cc1cccc(N2CCN(C(C)CNC3CC3)CC2)c1. The van der Waals surface area contributed by atoms with Gasteiger partial charge in [-0.15, -0.1) is 0 Å². The molecule has 0 aromatic heterocycles. The zero-order chi connectivity index (χ0) is 13.9. The smallest absolute Gasteiger partial charge is 0.0369 e. The number of aryl methyl sites for hydroxylation is 1. The molecule has 0 bridgehead atoms. The van der Waals surface area contributed by atoms with Crippen LogP contribution in [0.15, 0.2) is 24.3 Å². The summed E-state index contributed by atoms with van der Waals surface area (Å²) in [5.41, 5.74) is 2.74. The van der Waals surface area contributed by atoms with E-state index < -0.39 is 0 Å². The average molecular weight is 273 g/mol. The van der Waals surface area contributed by atoms with Crippen molar-refractivity contribution in [2.24, 2.45) is 0 Å². The first-order valence-electron chi connectivity index (χ1n) is 8.01. The molecule has 1 N–H and O–H groups in total. The van der Waals surface area contributed by atoms with Crippen LogP contribution < -0.4 is 10.2 Å². The van der Waals surface area contributed by atoms with Gasteiger partial charge in [-0.3, -0.25) is 4.90 Å². The van der Waals surface area contributed by atoms with Crippen LogP contribution in [0.4, 0.5) is 5.69 Å². The largest absolute Gasteiger partial charge is 0.369 e. The molecule has 3 rings (SSSR count). The molecule has 1 atom stereocenters. The summed E-state index contributed by atoms with van der Waals surface area (Å²) >= 11 is 0. The third kappa shape index (κ3) is 3.53. The number of benzene rings is 1. The number of rotatable bonds is 5. The van der Waals surface area contributed by atoms with Gasteiger partial charge in [-0.05, 0) is 44.4 Å². The molecule has 0 amide bonds. The van der Waals surface area contributed by atoms with Crippen LogP contribution in [0.2, 0.25) is 0 Å². The molecule has 3 nitrogen and oxygen atoms in total. The highest BCUT2D eigenvalue weighted by Crippen LogP contribution is 2.20. The van der Waals surface area contributed by atoms with E-state index in [1.165, 1.54) is 37.2 Å². The second-order valence-corrected chi connectivity index (χ2v) is 6.39. The van der Waals surface area contributed by atoms with E-state index in [2.05, 4.69) is 53.2 Å². The lowest BCUT2D eigenvalue weighted by Gasteiger charge is -2.39. The Balaban J connectivity index is 1.48. The number of piperazine rings is 1. The fourth-order valence-corrected chi connectivity index (χ4v) is 3.00. The van der Waals surface area contributed by atoms with E-state index in [-0.39, 0.29) is 0 Å². The maximum atomic E-state index is 3.65. The quantitative estimate of drug-likeness (QED) is 0.888. The van der Waals surface area contributed by atoms with E-state index >= 15 is 0 Å². The van der Waals surface area contributed by atoms with Crippen molar-refractivity contribution in [3.05, 3.63) is 29.8 Å². The molecule has 1 aliphatic carbocycles. The predicted octanol–water partition coefficient (Wildman–Crippen LogP) is 2.26. The van der Waals surface area contributed by atoms with E-state index in [4.69, 9.17) is 0 Å². The molecule has 1 aromatic rings. The van der Waals surface area contributed by atoms with E-state index in [9.17, 15) is 0 Å². The third-order valence-electron chi connectivity index (χ3n) is 4.58. The van der Waals surface area contributed by atoms with Crippen LogP contribution in [0.3, 0.4) is 0 Å². The molecule has 1 heterocycles. The highest BCUT2D eigenvalue weighted by atomic mass is 15.3. The van der Waals surface area contributed by atoms with E-state index in [0.717, 1.165) is 25.7 Å². The van der Waals surface area contributed by atoms with Gasteiger partial charge in [-0.25, -0.2) is 0 Å². The van der Waals surface area contributed by atoms with Gasteiger partial charge in [0.05, 0.1) is 0 Å². The van der Waals surface area contributed by atoms with Crippen molar-refractivity contribution in [1.29, 1.82) is 0 Å². The molecule has 1 aromatic carbocycles. The second kappa shape index (κ2) is 6.15. The first kappa shape index (κ1) is 13.9. The Morgan fingerprint density at radius 3 is 2.60 bits per heavy atom. The zero-order valence-electron chi connectivity index (χ0n) is 12.8. The topological polar surface area (TPSA) is 18.5 Å². The number of nitrogens with zero attached hydrogens (tertiary/aromatic N) is 2. The minimum atomic E-state index is 0.662. The Morgan fingerprint density at radius 1 is 1.20 bits per heavy atom. The lowest BCUT2D eigenvalue weighted by molar-refractivity contribution is 0.193. The molecule has 2 fully saturated rings. The summed E-state index contributed by atoms with van der Waals surface area (Å²) in [7, 11) is 0. The van der Waals surface area contributed by atoms with E-state index in [0.29, 0.717) is 6.04 Å². The maximum Gasteiger partial charge on any atom is 0.0369 e. The highest BCUT2D eigenvalue weighted by Gasteiger charge is 2.24. The van der Waals surface area contributed by atoms with E-state index in [1.54, 1.807) is 0 Å². The van der Waals surface area contributed by atoms with Crippen LogP contribution in [-0.4, -0.2) is 49.7 Å². The number of anilines is 1. The van der Waals surface area contributed by atoms with Crippen LogP contribution in [0.1, 0.15) is 25.3 Å². The van der Waals surface area contributed by atoms with Gasteiger partial charge in [0.2, 0.25) is 0 Å². The molecule has 1 saturated carbocycles. The van der Waals surface area contributed by atoms with Crippen molar-refractivity contribution in [2.45, 2.75) is 38.8 Å². The van der Waals surface area contributed by atoms with E-state index in [1.807, 2.05) is 0 Å². The third-order valence-corrected chi connectivity index (χ3v) is 4.58. The zero-order valence-corrected chi connectivity index (χ0v) is 12.8. The lowest BCUT2D eigenvalue weighted by atomic mass is 10.1. The van der Waals surface area contributed by atoms with Crippen LogP contribution in [-0.2, 0) is 0 Å². The summed E-state index contributed by atoms with van der Waals surface area (Å²) in [5, 5.41) is 3.65. The Labute approximate surface area is 123 Å². The van der Waals surface area contributed by atoms with Gasteiger partial charge in [-0.2, -0.15) is 0 Å². The molecular formula is C17H27N3. The van der Waals surface area contributed by atoms with Gasteiger partial charge in [-0.1, -0.05) is 12.1 Å². The molecule has 1 aliphatic heterocycles. The molecule has 20 heavy (non-hydrogen) atoms. The summed E-state index contributed by atoms with van der Waals surface area (Å²) < 4.78 is 0. The van der Waals surface area contributed by atoms with Crippen molar-refractivity contribution >= 4 is 5.69 Å². The molecular weight excluding hydrogens is 246 g/mol. The Hall–Kier alpha value is -1.06. The summed E-state index contributed by atoms with van der Waals surface area (Å²) in [6.45, 7) is 10.3. The first-order valence-corrected chi connectivity index (χ1v) is 8.01. The highest BCUT2D eigenvalue weighted by molar-refractivity contribution is 5.48. The number of hydrogen-bond donors (Lipinski definition) is 1. The van der Waals surface area contributed by atoms with Gasteiger partial charge in [0.25, 0.3) is 0 Å². The summed E-state index contributed by atoms with van der Waals surface area (Å²) in [6.07, 6.45) is 2.77. The fourth-order valence-electron chi connectivity index (χ4n) is 3.00. The normalized spacial score (nSPS) is 22.0. The van der Waals surface area contributed by atoms with Gasteiger partial charge in [0.15, 0.2) is 0 Å². The molecule has 0 spiro atoms. The number of nitrogens with one attached hydrogen (secondary N) is 1. The second-order valence-electron chi connectivity index (χ2n) is 6.39. The van der Waals surface area contributed by atoms with Crippen LogP contribution in [0.25, 0.3) is 0 Å². The van der Waals surface area contributed by atoms with Crippen LogP contribution in [0.5, 0.6) is 0 Å². The lowest BCUT2D eigenvalue weighted by Crippen LogP contribution is -2.52. The van der Waals surface area contributed by atoms with Crippen molar-refractivity contribution in [3.63, 3.8) is 0 Å². The molecule has 110 valence electrons. The van der Waals surface area contributed by atoms with Crippen LogP contribution >= 0.6 is 0 Å². The van der Waals surface area contributed by atoms with Crippen molar-refractivity contribution in [1.82, 2.24) is 10.2 Å². The molecule has 1 saturated heterocycles. The summed E-state index contributed by atoms with van der Waals surface area (Å²) in [4.78, 5) is 5.15. The molecule has 0 radical (unpaired) electrons. The standard InChI is InChI=1S/C17H27N3/c1-14-4-3-5-17(12-14)20-10-8-19(9-11-20)15(2)13-18-16-6-7-16/h3-5,12,15-16,18H,6-11,13H2,1-2H3. The molecule has 3 heteroatoms. The molecule has 2 aliphatic rings.